The molecular formula is C2H3CuINaO2. The van der Waals surface area contributed by atoms with Gasteiger partial charge in [0, 0.05) is 5.97 Å². The van der Waals surface area contributed by atoms with E-state index in [0.717, 1.165) is 6.92 Å². The molecule has 0 aromatic rings. The van der Waals surface area contributed by atoms with Gasteiger partial charge in [0.25, 0.3) is 0 Å². The van der Waals surface area contributed by atoms with Crippen molar-refractivity contribution in [3.63, 3.8) is 0 Å². The molecule has 0 aliphatic heterocycles. The fraction of sp³-hybridized carbons (Fsp3) is 0.500. The van der Waals surface area contributed by atoms with Crippen LogP contribution in [-0.4, -0.2) is 5.97 Å². The van der Waals surface area contributed by atoms with Gasteiger partial charge in [-0.3, -0.25) is 0 Å². The number of carbonyl (C=O) groups is 1. The molecule has 0 aliphatic rings. The van der Waals surface area contributed by atoms with Crippen molar-refractivity contribution in [1.29, 1.82) is 0 Å². The number of halogens is 1. The molecule has 42 valence electrons. The van der Waals surface area contributed by atoms with Crippen molar-refractivity contribution in [1.82, 2.24) is 0 Å². The second kappa shape index (κ2) is 15.6. The fourth-order valence-electron chi connectivity index (χ4n) is 0. The van der Waals surface area contributed by atoms with E-state index in [-0.39, 0.29) is 70.6 Å². The van der Waals surface area contributed by atoms with E-state index in [1.165, 1.54) is 0 Å². The average molecular weight is 272 g/mol. The molecule has 0 saturated carbocycles. The van der Waals surface area contributed by atoms with Gasteiger partial charge in [-0.15, -0.1) is 0 Å². The number of hydrogen-bond donors (Lipinski definition) is 0. The zero-order chi connectivity index (χ0) is 3.58. The minimum absolute atomic E-state index is 0. The molecule has 0 amide bonds. The summed E-state index contributed by atoms with van der Waals surface area (Å²) in [7, 11) is 0. The van der Waals surface area contributed by atoms with Crippen molar-refractivity contribution in [3.8, 4) is 0 Å². The maximum Gasteiger partial charge on any atom is 1.00 e. The van der Waals surface area contributed by atoms with Gasteiger partial charge in [-0.1, -0.05) is 0 Å². The third kappa shape index (κ3) is 85.4. The molecule has 0 fully saturated rings. The van der Waals surface area contributed by atoms with Gasteiger partial charge >= 0.3 is 46.6 Å². The van der Waals surface area contributed by atoms with Crippen molar-refractivity contribution in [2.45, 2.75) is 6.92 Å². The van der Waals surface area contributed by atoms with Crippen LogP contribution in [0.2, 0.25) is 0 Å². The van der Waals surface area contributed by atoms with Crippen LogP contribution in [0.1, 0.15) is 6.92 Å². The number of rotatable bonds is 0. The van der Waals surface area contributed by atoms with Gasteiger partial charge in [-0.05, 0) is 6.92 Å². The molecule has 0 atom stereocenters. The van der Waals surface area contributed by atoms with Crippen LogP contribution < -0.4 is 58.6 Å². The van der Waals surface area contributed by atoms with Gasteiger partial charge in [0.1, 0.15) is 0 Å². The molecule has 5 heteroatoms. The predicted octanol–water partition coefficient (Wildman–Crippen LogP) is -7.24. The van der Waals surface area contributed by atoms with Crippen LogP contribution >= 0.6 is 0 Å². The van der Waals surface area contributed by atoms with Gasteiger partial charge in [-0.2, -0.15) is 0 Å². The third-order valence-electron chi connectivity index (χ3n) is 0. The van der Waals surface area contributed by atoms with Gasteiger partial charge in [0.2, 0.25) is 0 Å². The van der Waals surface area contributed by atoms with E-state index >= 15 is 0 Å². The SMILES string of the molecule is CC(=O)[O-].[Cu+].[I-].[Na+]. The number of hydrogen-bond acceptors (Lipinski definition) is 2. The molecule has 0 aromatic heterocycles. The minimum atomic E-state index is -1.08. The molecule has 0 unspecified atom stereocenters. The summed E-state index contributed by atoms with van der Waals surface area (Å²) in [6.45, 7) is 0.972. The van der Waals surface area contributed by atoms with Crippen LogP contribution in [0.5, 0.6) is 0 Å². The first-order chi connectivity index (χ1) is 1.73. The molecule has 0 radical (unpaired) electrons. The van der Waals surface area contributed by atoms with Gasteiger partial charge in [0.05, 0.1) is 0 Å². The number of carbonyl (C=O) groups excluding carboxylic acids is 1. The molecule has 0 heterocycles. The summed E-state index contributed by atoms with van der Waals surface area (Å²) in [4.78, 5) is 8.89. The van der Waals surface area contributed by atoms with Crippen molar-refractivity contribution < 1.29 is 80.5 Å². The zero-order valence-corrected chi connectivity index (χ0v) is 9.10. The normalized spacial score (nSPS) is 3.57. The van der Waals surface area contributed by atoms with Crippen LogP contribution in [0, 0.1) is 0 Å². The summed E-state index contributed by atoms with van der Waals surface area (Å²) in [5, 5.41) is 8.89. The summed E-state index contributed by atoms with van der Waals surface area (Å²) in [5.41, 5.74) is 0. The van der Waals surface area contributed by atoms with Crippen molar-refractivity contribution >= 4 is 5.97 Å². The van der Waals surface area contributed by atoms with Crippen LogP contribution in [0.25, 0.3) is 0 Å². The first-order valence-corrected chi connectivity index (χ1v) is 0.908. The van der Waals surface area contributed by atoms with E-state index < -0.39 is 5.97 Å². The first-order valence-electron chi connectivity index (χ1n) is 0.908. The van der Waals surface area contributed by atoms with Crippen LogP contribution in [0.4, 0.5) is 0 Å². The molecule has 2 nitrogen and oxygen atoms in total. The molecule has 0 spiro atoms. The molecule has 0 aromatic carbocycles. The van der Waals surface area contributed by atoms with Gasteiger partial charge in [-0.25, -0.2) is 0 Å². The molecule has 0 N–H and O–H groups in total. The van der Waals surface area contributed by atoms with Crippen molar-refractivity contribution in [2.24, 2.45) is 0 Å². The van der Waals surface area contributed by atoms with Crippen LogP contribution in [-0.2, 0) is 21.9 Å². The fourth-order valence-corrected chi connectivity index (χ4v) is 0. The summed E-state index contributed by atoms with van der Waals surface area (Å²) in [5.74, 6) is -1.08. The topological polar surface area (TPSA) is 40.1 Å². The summed E-state index contributed by atoms with van der Waals surface area (Å²) >= 11 is 0. The maximum atomic E-state index is 8.89. The number of aliphatic carboxylic acids is 1. The van der Waals surface area contributed by atoms with E-state index in [9.17, 15) is 0 Å². The quantitative estimate of drug-likeness (QED) is 0.325. The number of carboxylic acids is 1. The maximum absolute atomic E-state index is 8.89. The van der Waals surface area contributed by atoms with Crippen LogP contribution in [0.3, 0.4) is 0 Å². The zero-order valence-electron chi connectivity index (χ0n) is 4.00. The third-order valence-corrected chi connectivity index (χ3v) is 0. The molecular weight excluding hydrogens is 269 g/mol. The van der Waals surface area contributed by atoms with E-state index in [2.05, 4.69) is 0 Å². The Morgan fingerprint density at radius 2 is 1.57 bits per heavy atom. The Morgan fingerprint density at radius 3 is 1.57 bits per heavy atom. The van der Waals surface area contributed by atoms with Gasteiger partial charge in [0.15, 0.2) is 0 Å². The van der Waals surface area contributed by atoms with E-state index in [1.54, 1.807) is 0 Å². The standard InChI is InChI=1S/C2H4O2.Cu.HI.Na/c1-2(3)4;;;/h1H3,(H,3,4);;1H;/q;+1;;+1/p-2. The summed E-state index contributed by atoms with van der Waals surface area (Å²) < 4.78 is 0. The van der Waals surface area contributed by atoms with E-state index in [1.807, 2.05) is 0 Å². The Bertz CT molecular complexity index is 38.7. The Labute approximate surface area is 92.2 Å². The Hall–Kier alpha value is 1.72. The Morgan fingerprint density at radius 1 is 1.57 bits per heavy atom. The minimum Gasteiger partial charge on any atom is -1.00 e. The van der Waals surface area contributed by atoms with Gasteiger partial charge < -0.3 is 33.9 Å². The second-order valence-electron chi connectivity index (χ2n) is 0.492. The molecule has 7 heavy (non-hydrogen) atoms. The van der Waals surface area contributed by atoms with E-state index in [0.29, 0.717) is 0 Å². The average Bonchev–Trinajstić information content (AvgIpc) is 0.811. The second-order valence-corrected chi connectivity index (χ2v) is 0.492. The van der Waals surface area contributed by atoms with Crippen molar-refractivity contribution in [3.05, 3.63) is 0 Å². The summed E-state index contributed by atoms with van der Waals surface area (Å²) in [6, 6.07) is 0. The molecule has 0 saturated heterocycles. The molecule has 0 rings (SSSR count). The number of carboxylic acid groups (broad SMARTS) is 1. The van der Waals surface area contributed by atoms with E-state index in [4.69, 9.17) is 9.90 Å². The smallest absolute Gasteiger partial charge is 1.00 e. The Balaban J connectivity index is -0.0000000150. The first kappa shape index (κ1) is 23.3. The Kier molecular flexibility index (Phi) is 52.1. The van der Waals surface area contributed by atoms with Crippen molar-refractivity contribution in [2.75, 3.05) is 0 Å². The largest absolute Gasteiger partial charge is 1.00 e. The van der Waals surface area contributed by atoms with Crippen LogP contribution in [0.15, 0.2) is 0 Å². The predicted molar refractivity (Wildman–Crippen MR) is 10.7 cm³/mol. The monoisotopic (exact) mass is 272 g/mol. The molecule has 0 bridgehead atoms. The molecule has 0 aliphatic carbocycles. The summed E-state index contributed by atoms with van der Waals surface area (Å²) in [6.07, 6.45) is 0.